The molecule has 4 N–H and O–H groups in total. The number of carbonyl (C=O) groups excluding carboxylic acids is 1. The van der Waals surface area contributed by atoms with Gasteiger partial charge in [-0.1, -0.05) is 12.1 Å². The van der Waals surface area contributed by atoms with Gasteiger partial charge in [-0.05, 0) is 38.7 Å². The lowest BCUT2D eigenvalue weighted by Crippen LogP contribution is -2.34. The molecular weight excluding hydrogens is 290 g/mol. The van der Waals surface area contributed by atoms with Crippen molar-refractivity contribution < 1.29 is 4.79 Å². The second kappa shape index (κ2) is 8.98. The summed E-state index contributed by atoms with van der Waals surface area (Å²) in [7, 11) is 4.13. The smallest absolute Gasteiger partial charge is 0.251 e. The normalized spacial score (nSPS) is 20.9. The van der Waals surface area contributed by atoms with E-state index in [4.69, 9.17) is 0 Å². The van der Waals surface area contributed by atoms with Crippen LogP contribution in [0.15, 0.2) is 24.3 Å². The molecule has 0 aliphatic carbocycles. The lowest BCUT2D eigenvalue weighted by Gasteiger charge is -2.25. The van der Waals surface area contributed by atoms with E-state index >= 15 is 0 Å². The molecule has 128 valence electrons. The molecule has 1 saturated heterocycles. The minimum Gasteiger partial charge on any atom is -0.352 e. The van der Waals surface area contributed by atoms with Gasteiger partial charge in [0.15, 0.2) is 0 Å². The minimum absolute atomic E-state index is 0.0111. The summed E-state index contributed by atoms with van der Waals surface area (Å²) in [6, 6.07) is 8.14. The fraction of sp³-hybridized carbons (Fsp3) is 0.588. The summed E-state index contributed by atoms with van der Waals surface area (Å²) in [6.45, 7) is 6.53. The van der Waals surface area contributed by atoms with Gasteiger partial charge in [0.05, 0.1) is 6.04 Å². The van der Waals surface area contributed by atoms with Crippen LogP contribution >= 0.6 is 0 Å². The second-order valence-corrected chi connectivity index (χ2v) is 6.11. The van der Waals surface area contributed by atoms with Crippen LogP contribution in [0.25, 0.3) is 0 Å². The van der Waals surface area contributed by atoms with Crippen LogP contribution in [0.5, 0.6) is 0 Å². The Morgan fingerprint density at radius 2 is 2.26 bits per heavy atom. The van der Waals surface area contributed by atoms with E-state index in [-0.39, 0.29) is 11.9 Å². The van der Waals surface area contributed by atoms with E-state index in [1.165, 1.54) is 0 Å². The van der Waals surface area contributed by atoms with Crippen LogP contribution in [0.2, 0.25) is 0 Å². The van der Waals surface area contributed by atoms with Crippen LogP contribution in [0.4, 0.5) is 0 Å². The first-order valence-electron chi connectivity index (χ1n) is 8.35. The Kier molecular flexibility index (Phi) is 6.98. The van der Waals surface area contributed by atoms with Crippen LogP contribution in [-0.4, -0.2) is 57.6 Å². The number of hydrogen-bond acceptors (Lipinski definition) is 5. The number of benzene rings is 1. The highest BCUT2D eigenvalue weighted by molar-refractivity contribution is 5.94. The Balaban J connectivity index is 2.04. The average Bonchev–Trinajstić information content (AvgIpc) is 3.01. The number of rotatable bonds is 8. The summed E-state index contributed by atoms with van der Waals surface area (Å²) in [5.41, 5.74) is 8.50. The first-order chi connectivity index (χ1) is 11.2. The highest BCUT2D eigenvalue weighted by atomic mass is 16.1. The van der Waals surface area contributed by atoms with Gasteiger partial charge in [-0.3, -0.25) is 10.2 Å². The number of carbonyl (C=O) groups is 1. The molecule has 23 heavy (non-hydrogen) atoms. The second-order valence-electron chi connectivity index (χ2n) is 6.11. The third-order valence-electron chi connectivity index (χ3n) is 4.23. The Bertz CT molecular complexity index is 508. The maximum Gasteiger partial charge on any atom is 0.251 e. The summed E-state index contributed by atoms with van der Waals surface area (Å²) in [5, 5.41) is 6.04. The molecule has 1 heterocycles. The van der Waals surface area contributed by atoms with Crippen molar-refractivity contribution in [3.63, 3.8) is 0 Å². The molecule has 1 aliphatic heterocycles. The van der Waals surface area contributed by atoms with Crippen LogP contribution in [0, 0.1) is 5.92 Å². The molecule has 0 spiro atoms. The SMILES string of the molecule is CCNC(=O)c1cccc(C2NNCC2CN(C)CCNC)c1. The Morgan fingerprint density at radius 1 is 1.43 bits per heavy atom. The molecule has 2 rings (SSSR count). The highest BCUT2D eigenvalue weighted by Crippen LogP contribution is 2.26. The summed E-state index contributed by atoms with van der Waals surface area (Å²) >= 11 is 0. The summed E-state index contributed by atoms with van der Waals surface area (Å²) < 4.78 is 0. The largest absolute Gasteiger partial charge is 0.352 e. The zero-order chi connectivity index (χ0) is 16.7. The molecule has 0 aromatic heterocycles. The third kappa shape index (κ3) is 5.00. The fourth-order valence-corrected chi connectivity index (χ4v) is 2.99. The number of nitrogens with one attached hydrogen (secondary N) is 4. The van der Waals surface area contributed by atoms with E-state index in [0.29, 0.717) is 12.5 Å². The molecule has 2 unspecified atom stereocenters. The van der Waals surface area contributed by atoms with E-state index in [1.54, 1.807) is 0 Å². The van der Waals surface area contributed by atoms with Crippen molar-refractivity contribution >= 4 is 5.91 Å². The van der Waals surface area contributed by atoms with Gasteiger partial charge >= 0.3 is 0 Å². The van der Waals surface area contributed by atoms with Crippen molar-refractivity contribution in [3.8, 4) is 0 Å². The van der Waals surface area contributed by atoms with Gasteiger partial charge in [-0.2, -0.15) is 0 Å². The van der Waals surface area contributed by atoms with E-state index in [9.17, 15) is 4.79 Å². The third-order valence-corrected chi connectivity index (χ3v) is 4.23. The quantitative estimate of drug-likeness (QED) is 0.557. The molecule has 1 aliphatic rings. The maximum absolute atomic E-state index is 12.0. The lowest BCUT2D eigenvalue weighted by atomic mass is 9.93. The van der Waals surface area contributed by atoms with Gasteiger partial charge in [0.25, 0.3) is 5.91 Å². The van der Waals surface area contributed by atoms with Gasteiger partial charge in [-0.15, -0.1) is 0 Å². The minimum atomic E-state index is -0.0111. The number of amides is 1. The molecule has 1 amide bonds. The number of hydrazine groups is 1. The summed E-state index contributed by atoms with van der Waals surface area (Å²) in [5.74, 6) is 0.462. The lowest BCUT2D eigenvalue weighted by molar-refractivity contribution is 0.0955. The van der Waals surface area contributed by atoms with E-state index in [1.807, 2.05) is 32.2 Å². The van der Waals surface area contributed by atoms with Gasteiger partial charge in [0.1, 0.15) is 0 Å². The van der Waals surface area contributed by atoms with E-state index < -0.39 is 0 Å². The Labute approximate surface area is 139 Å². The molecule has 1 fully saturated rings. The maximum atomic E-state index is 12.0. The van der Waals surface area contributed by atoms with Crippen molar-refractivity contribution in [3.05, 3.63) is 35.4 Å². The molecule has 6 heteroatoms. The fourth-order valence-electron chi connectivity index (χ4n) is 2.99. The molecule has 1 aromatic rings. The molecule has 1 aromatic carbocycles. The van der Waals surface area contributed by atoms with Gasteiger partial charge in [0, 0.05) is 44.2 Å². The molecule has 0 radical (unpaired) electrons. The average molecular weight is 319 g/mol. The van der Waals surface area contributed by atoms with Crippen LogP contribution in [0.1, 0.15) is 28.9 Å². The van der Waals surface area contributed by atoms with Crippen molar-refractivity contribution in [2.75, 3.05) is 46.8 Å². The zero-order valence-corrected chi connectivity index (χ0v) is 14.4. The zero-order valence-electron chi connectivity index (χ0n) is 14.4. The predicted molar refractivity (Wildman–Crippen MR) is 93.2 cm³/mol. The Hall–Kier alpha value is -1.47. The Morgan fingerprint density at radius 3 is 3.00 bits per heavy atom. The van der Waals surface area contributed by atoms with Crippen molar-refractivity contribution in [2.45, 2.75) is 13.0 Å². The van der Waals surface area contributed by atoms with Gasteiger partial charge in [0.2, 0.25) is 0 Å². The predicted octanol–water partition coefficient (Wildman–Crippen LogP) is 0.353. The molecule has 6 nitrogen and oxygen atoms in total. The first kappa shape index (κ1) is 17.9. The number of nitrogens with zero attached hydrogens (tertiary/aromatic N) is 1. The molecule has 0 saturated carbocycles. The summed E-state index contributed by atoms with van der Waals surface area (Å²) in [4.78, 5) is 14.4. The van der Waals surface area contributed by atoms with E-state index in [0.717, 1.165) is 37.3 Å². The van der Waals surface area contributed by atoms with Crippen LogP contribution in [0.3, 0.4) is 0 Å². The molecule has 2 atom stereocenters. The first-order valence-corrected chi connectivity index (χ1v) is 8.35. The van der Waals surface area contributed by atoms with E-state index in [2.05, 4.69) is 39.5 Å². The van der Waals surface area contributed by atoms with Crippen LogP contribution < -0.4 is 21.5 Å². The van der Waals surface area contributed by atoms with Crippen LogP contribution in [-0.2, 0) is 0 Å². The van der Waals surface area contributed by atoms with Crippen molar-refractivity contribution in [1.82, 2.24) is 26.4 Å². The van der Waals surface area contributed by atoms with Gasteiger partial charge < -0.3 is 15.5 Å². The van der Waals surface area contributed by atoms with Crippen molar-refractivity contribution in [2.24, 2.45) is 5.92 Å². The standard InChI is InChI=1S/C17H29N5O/c1-4-19-17(23)14-7-5-6-13(10-14)16-15(11-20-21-16)12-22(3)9-8-18-2/h5-7,10,15-16,18,20-21H,4,8-9,11-12H2,1-3H3,(H,19,23). The van der Waals surface area contributed by atoms with Crippen molar-refractivity contribution in [1.29, 1.82) is 0 Å². The number of hydrogen-bond donors (Lipinski definition) is 4. The molecular formula is C17H29N5O. The topological polar surface area (TPSA) is 68.4 Å². The highest BCUT2D eigenvalue weighted by Gasteiger charge is 2.29. The molecule has 0 bridgehead atoms. The summed E-state index contributed by atoms with van der Waals surface area (Å²) in [6.07, 6.45) is 0. The number of likely N-dealkylation sites (N-methyl/N-ethyl adjacent to an activating group) is 2. The van der Waals surface area contributed by atoms with Gasteiger partial charge in [-0.25, -0.2) is 5.43 Å². The monoisotopic (exact) mass is 319 g/mol.